The number of hydrogen-bond donors (Lipinski definition) is 1. The van der Waals surface area contributed by atoms with Gasteiger partial charge in [-0.1, -0.05) is 41.0 Å². The summed E-state index contributed by atoms with van der Waals surface area (Å²) in [5.41, 5.74) is 0.0491. The summed E-state index contributed by atoms with van der Waals surface area (Å²) in [4.78, 5) is 0. The van der Waals surface area contributed by atoms with E-state index in [9.17, 15) is 5.11 Å². The number of aliphatic hydroxyl groups excluding tert-OH is 1. The molecule has 0 rings (SSSR count). The van der Waals surface area contributed by atoms with Crippen molar-refractivity contribution in [1.29, 1.82) is 0 Å². The third-order valence-corrected chi connectivity index (χ3v) is 2.63. The van der Waals surface area contributed by atoms with Crippen LogP contribution in [0.4, 0.5) is 0 Å². The molecular formula is C11H24O. The molecule has 0 saturated carbocycles. The first-order valence-electron chi connectivity index (χ1n) is 5.06. The van der Waals surface area contributed by atoms with Gasteiger partial charge in [0.05, 0.1) is 6.10 Å². The van der Waals surface area contributed by atoms with Crippen molar-refractivity contribution in [2.24, 2.45) is 11.3 Å². The van der Waals surface area contributed by atoms with Gasteiger partial charge in [-0.3, -0.25) is 0 Å². The van der Waals surface area contributed by atoms with Crippen LogP contribution in [0.1, 0.15) is 53.9 Å². The van der Waals surface area contributed by atoms with Gasteiger partial charge in [-0.25, -0.2) is 0 Å². The van der Waals surface area contributed by atoms with E-state index in [-0.39, 0.29) is 11.5 Å². The van der Waals surface area contributed by atoms with Crippen LogP contribution in [-0.4, -0.2) is 11.2 Å². The smallest absolute Gasteiger partial charge is 0.0588 e. The second-order valence-electron chi connectivity index (χ2n) is 4.97. The summed E-state index contributed by atoms with van der Waals surface area (Å²) < 4.78 is 0. The van der Waals surface area contributed by atoms with Crippen molar-refractivity contribution in [3.8, 4) is 0 Å². The zero-order valence-corrected chi connectivity index (χ0v) is 9.22. The minimum Gasteiger partial charge on any atom is -0.393 e. The summed E-state index contributed by atoms with van der Waals surface area (Å²) in [5, 5.41) is 9.73. The Morgan fingerprint density at radius 3 is 2.00 bits per heavy atom. The van der Waals surface area contributed by atoms with Gasteiger partial charge in [0, 0.05) is 0 Å². The number of rotatable bonds is 4. The van der Waals surface area contributed by atoms with Gasteiger partial charge in [0.15, 0.2) is 0 Å². The molecule has 2 atom stereocenters. The molecule has 0 aromatic heterocycles. The average molecular weight is 172 g/mol. The SMILES string of the molecule is CCC(C)CCC(O)C(C)(C)C. The predicted octanol–water partition coefficient (Wildman–Crippen LogP) is 3.22. The van der Waals surface area contributed by atoms with E-state index in [2.05, 4.69) is 34.6 Å². The van der Waals surface area contributed by atoms with Crippen LogP contribution in [0, 0.1) is 11.3 Å². The van der Waals surface area contributed by atoms with E-state index < -0.39 is 0 Å². The maximum absolute atomic E-state index is 9.73. The lowest BCUT2D eigenvalue weighted by Gasteiger charge is -2.26. The van der Waals surface area contributed by atoms with Crippen LogP contribution in [0.15, 0.2) is 0 Å². The van der Waals surface area contributed by atoms with Crippen molar-refractivity contribution in [2.45, 2.75) is 60.0 Å². The molecule has 0 heterocycles. The fraction of sp³-hybridized carbons (Fsp3) is 1.00. The third kappa shape index (κ3) is 4.76. The van der Waals surface area contributed by atoms with Crippen LogP contribution < -0.4 is 0 Å². The monoisotopic (exact) mass is 172 g/mol. The van der Waals surface area contributed by atoms with E-state index in [1.807, 2.05) is 0 Å². The molecular weight excluding hydrogens is 148 g/mol. The second kappa shape index (κ2) is 4.86. The molecule has 0 aliphatic rings. The summed E-state index contributed by atoms with van der Waals surface area (Å²) >= 11 is 0. The Kier molecular flexibility index (Phi) is 4.84. The van der Waals surface area contributed by atoms with E-state index in [1.165, 1.54) is 6.42 Å². The second-order valence-corrected chi connectivity index (χ2v) is 4.97. The van der Waals surface area contributed by atoms with Crippen molar-refractivity contribution in [3.63, 3.8) is 0 Å². The Morgan fingerprint density at radius 2 is 1.67 bits per heavy atom. The molecule has 12 heavy (non-hydrogen) atoms. The van der Waals surface area contributed by atoms with Gasteiger partial charge in [0.1, 0.15) is 0 Å². The molecule has 0 aromatic rings. The zero-order valence-electron chi connectivity index (χ0n) is 9.22. The van der Waals surface area contributed by atoms with Crippen molar-refractivity contribution in [3.05, 3.63) is 0 Å². The summed E-state index contributed by atoms with van der Waals surface area (Å²) in [7, 11) is 0. The van der Waals surface area contributed by atoms with E-state index in [4.69, 9.17) is 0 Å². The van der Waals surface area contributed by atoms with Crippen LogP contribution in [0.2, 0.25) is 0 Å². The highest BCUT2D eigenvalue weighted by Crippen LogP contribution is 2.24. The van der Waals surface area contributed by atoms with Gasteiger partial charge < -0.3 is 5.11 Å². The molecule has 0 amide bonds. The van der Waals surface area contributed by atoms with E-state index in [1.54, 1.807) is 0 Å². The maximum Gasteiger partial charge on any atom is 0.0588 e. The first-order chi connectivity index (χ1) is 5.38. The van der Waals surface area contributed by atoms with Gasteiger partial charge in [-0.2, -0.15) is 0 Å². The van der Waals surface area contributed by atoms with Crippen LogP contribution in [0.5, 0.6) is 0 Å². The van der Waals surface area contributed by atoms with Crippen LogP contribution in [0.25, 0.3) is 0 Å². The average Bonchev–Trinajstić information content (AvgIpc) is 1.97. The fourth-order valence-electron chi connectivity index (χ4n) is 1.08. The summed E-state index contributed by atoms with van der Waals surface area (Å²) in [6, 6.07) is 0. The number of aliphatic hydroxyl groups is 1. The summed E-state index contributed by atoms with van der Waals surface area (Å²) in [6.07, 6.45) is 3.16. The Labute approximate surface area is 77.2 Å². The number of hydrogen-bond acceptors (Lipinski definition) is 1. The molecule has 1 heteroatoms. The van der Waals surface area contributed by atoms with Gasteiger partial charge in [-0.05, 0) is 24.2 Å². The molecule has 1 N–H and O–H groups in total. The minimum absolute atomic E-state index is 0.0491. The summed E-state index contributed by atoms with van der Waals surface area (Å²) in [5.74, 6) is 0.752. The molecule has 0 saturated heterocycles. The fourth-order valence-corrected chi connectivity index (χ4v) is 1.08. The molecule has 0 aliphatic heterocycles. The molecule has 0 fully saturated rings. The van der Waals surface area contributed by atoms with Crippen LogP contribution in [-0.2, 0) is 0 Å². The molecule has 0 aliphatic carbocycles. The van der Waals surface area contributed by atoms with Crippen molar-refractivity contribution >= 4 is 0 Å². The Balaban J connectivity index is 3.64. The van der Waals surface area contributed by atoms with Crippen molar-refractivity contribution in [1.82, 2.24) is 0 Å². The molecule has 0 aromatic carbocycles. The highest BCUT2D eigenvalue weighted by molar-refractivity contribution is 4.72. The first-order valence-corrected chi connectivity index (χ1v) is 5.06. The topological polar surface area (TPSA) is 20.2 Å². The Hall–Kier alpha value is -0.0400. The van der Waals surface area contributed by atoms with E-state index >= 15 is 0 Å². The third-order valence-electron chi connectivity index (χ3n) is 2.63. The standard InChI is InChI=1S/C11H24O/c1-6-9(2)7-8-10(12)11(3,4)5/h9-10,12H,6-8H2,1-5H3. The van der Waals surface area contributed by atoms with Crippen LogP contribution >= 0.6 is 0 Å². The zero-order chi connectivity index (χ0) is 9.78. The quantitative estimate of drug-likeness (QED) is 0.690. The maximum atomic E-state index is 9.73. The molecule has 1 nitrogen and oxygen atoms in total. The highest BCUT2D eigenvalue weighted by atomic mass is 16.3. The Morgan fingerprint density at radius 1 is 1.17 bits per heavy atom. The molecule has 0 radical (unpaired) electrons. The molecule has 0 bridgehead atoms. The van der Waals surface area contributed by atoms with Crippen molar-refractivity contribution in [2.75, 3.05) is 0 Å². The molecule has 2 unspecified atom stereocenters. The summed E-state index contributed by atoms with van der Waals surface area (Å²) in [6.45, 7) is 10.7. The predicted molar refractivity (Wildman–Crippen MR) is 54.2 cm³/mol. The first kappa shape index (κ1) is 12.0. The normalized spacial score (nSPS) is 17.5. The van der Waals surface area contributed by atoms with Gasteiger partial charge in [0.2, 0.25) is 0 Å². The van der Waals surface area contributed by atoms with Gasteiger partial charge in [-0.15, -0.1) is 0 Å². The highest BCUT2D eigenvalue weighted by Gasteiger charge is 2.21. The lowest BCUT2D eigenvalue weighted by molar-refractivity contribution is 0.0504. The molecule has 74 valence electrons. The Bertz CT molecular complexity index is 113. The lowest BCUT2D eigenvalue weighted by atomic mass is 9.85. The van der Waals surface area contributed by atoms with Crippen LogP contribution in [0.3, 0.4) is 0 Å². The lowest BCUT2D eigenvalue weighted by Crippen LogP contribution is -2.26. The van der Waals surface area contributed by atoms with Gasteiger partial charge >= 0.3 is 0 Å². The minimum atomic E-state index is -0.147. The van der Waals surface area contributed by atoms with Crippen molar-refractivity contribution < 1.29 is 5.11 Å². The van der Waals surface area contributed by atoms with Gasteiger partial charge in [0.25, 0.3) is 0 Å². The van der Waals surface area contributed by atoms with E-state index in [0.717, 1.165) is 18.8 Å². The van der Waals surface area contributed by atoms with E-state index in [0.29, 0.717) is 0 Å². The largest absolute Gasteiger partial charge is 0.393 e. The molecule has 0 spiro atoms.